The summed E-state index contributed by atoms with van der Waals surface area (Å²) in [4.78, 5) is 33.1. The molecule has 0 aliphatic carbocycles. The van der Waals surface area contributed by atoms with Crippen molar-refractivity contribution in [3.63, 3.8) is 0 Å². The predicted molar refractivity (Wildman–Crippen MR) is 104 cm³/mol. The molecule has 0 aromatic heterocycles. The van der Waals surface area contributed by atoms with Gasteiger partial charge in [0.25, 0.3) is 0 Å². The summed E-state index contributed by atoms with van der Waals surface area (Å²) in [6.07, 6.45) is 0. The Kier molecular flexibility index (Phi) is 8.81. The fourth-order valence-corrected chi connectivity index (χ4v) is 4.20. The number of hydrogen-bond donors (Lipinski definition) is 0. The van der Waals surface area contributed by atoms with Crippen molar-refractivity contribution in [2.24, 2.45) is 0 Å². The maximum Gasteiger partial charge on any atom is 0.321 e. The number of nitrogens with zero attached hydrogens (tertiary/aromatic N) is 4. The Hall–Kier alpha value is -1.24. The molecule has 0 aliphatic heterocycles. The standard InChI is InChI=1S/C17H38N4O2Si/c1-11(2)18(9)15(22)20(13(5)6)17(24)21(14(7)8)16(23)19(10)12(3)4/h11-14,17H,1-10,24H3. The number of carbonyl (C=O) groups excluding carboxylic acids is 2. The first-order valence-electron chi connectivity index (χ1n) is 8.94. The van der Waals surface area contributed by atoms with Crippen LogP contribution in [0.2, 0.25) is 0 Å². The first-order chi connectivity index (χ1) is 10.8. The molecular formula is C17H38N4O2Si. The number of rotatable bonds is 6. The maximum absolute atomic E-state index is 12.9. The Bertz CT molecular complexity index is 389. The van der Waals surface area contributed by atoms with Crippen LogP contribution in [-0.4, -0.2) is 86.0 Å². The number of hydrogen-bond acceptors (Lipinski definition) is 2. The van der Waals surface area contributed by atoms with Crippen LogP contribution < -0.4 is 0 Å². The second-order valence-corrected chi connectivity index (χ2v) is 8.64. The lowest BCUT2D eigenvalue weighted by Crippen LogP contribution is -2.62. The Morgan fingerprint density at radius 1 is 0.625 bits per heavy atom. The molecule has 4 amide bonds. The van der Waals surface area contributed by atoms with Crippen LogP contribution in [0.25, 0.3) is 0 Å². The van der Waals surface area contributed by atoms with Crippen LogP contribution in [0.15, 0.2) is 0 Å². The average Bonchev–Trinajstić information content (AvgIpc) is 2.44. The van der Waals surface area contributed by atoms with Crippen molar-refractivity contribution in [3.8, 4) is 0 Å². The van der Waals surface area contributed by atoms with E-state index in [4.69, 9.17) is 0 Å². The summed E-state index contributed by atoms with van der Waals surface area (Å²) in [5.74, 6) is -0.188. The molecule has 7 heteroatoms. The van der Waals surface area contributed by atoms with Crippen LogP contribution in [0.5, 0.6) is 0 Å². The molecule has 0 atom stereocenters. The van der Waals surface area contributed by atoms with E-state index in [1.807, 2.05) is 79.3 Å². The van der Waals surface area contributed by atoms with Crippen molar-refractivity contribution in [3.05, 3.63) is 0 Å². The first-order valence-corrected chi connectivity index (χ1v) is 10.1. The van der Waals surface area contributed by atoms with Gasteiger partial charge in [-0.05, 0) is 55.4 Å². The molecule has 0 N–H and O–H groups in total. The zero-order chi connectivity index (χ0) is 19.4. The molecule has 0 saturated carbocycles. The molecule has 0 spiro atoms. The molecule has 0 radical (unpaired) electrons. The molecule has 0 heterocycles. The molecule has 0 aromatic rings. The smallest absolute Gasteiger partial charge is 0.321 e. The monoisotopic (exact) mass is 358 g/mol. The van der Waals surface area contributed by atoms with E-state index in [2.05, 4.69) is 0 Å². The summed E-state index contributed by atoms with van der Waals surface area (Å²) in [6, 6.07) is 0.249. The summed E-state index contributed by atoms with van der Waals surface area (Å²) in [5, 5.41) is 0. The lowest BCUT2D eigenvalue weighted by molar-refractivity contribution is 0.0614. The van der Waals surface area contributed by atoms with Crippen molar-refractivity contribution < 1.29 is 9.59 Å². The minimum Gasteiger partial charge on any atom is -0.325 e. The van der Waals surface area contributed by atoms with E-state index in [9.17, 15) is 9.59 Å². The number of carbonyl (C=O) groups is 2. The Morgan fingerprint density at radius 3 is 1.04 bits per heavy atom. The second-order valence-electron chi connectivity index (χ2n) is 7.61. The molecule has 0 aromatic carbocycles. The van der Waals surface area contributed by atoms with Gasteiger partial charge in [0.2, 0.25) is 0 Å². The lowest BCUT2D eigenvalue weighted by Gasteiger charge is -2.45. The van der Waals surface area contributed by atoms with E-state index in [0.717, 1.165) is 0 Å². The second kappa shape index (κ2) is 9.29. The molecule has 0 aliphatic rings. The van der Waals surface area contributed by atoms with Crippen LogP contribution >= 0.6 is 0 Å². The SMILES string of the molecule is CC(C)N(C)C(=O)N(C(C)C)C([SiH3])N(C(=O)N(C)C(C)C)C(C)C. The molecule has 6 nitrogen and oxygen atoms in total. The van der Waals surface area contributed by atoms with E-state index in [1.54, 1.807) is 9.80 Å². The van der Waals surface area contributed by atoms with Gasteiger partial charge in [0.05, 0.1) is 16.0 Å². The zero-order valence-corrected chi connectivity index (χ0v) is 19.5. The number of urea groups is 2. The minimum atomic E-state index is -0.188. The molecule has 0 bridgehead atoms. The van der Waals surface area contributed by atoms with Gasteiger partial charge in [-0.3, -0.25) is 0 Å². The van der Waals surface area contributed by atoms with Gasteiger partial charge >= 0.3 is 12.1 Å². The molecule has 0 saturated heterocycles. The van der Waals surface area contributed by atoms with Crippen molar-refractivity contribution in [1.82, 2.24) is 19.6 Å². The van der Waals surface area contributed by atoms with Crippen LogP contribution in [0.1, 0.15) is 55.4 Å². The predicted octanol–water partition coefficient (Wildman–Crippen LogP) is 1.98. The summed E-state index contributed by atoms with van der Waals surface area (Å²) in [5.41, 5.74) is 0. The Morgan fingerprint density at radius 2 is 0.875 bits per heavy atom. The van der Waals surface area contributed by atoms with Crippen LogP contribution in [0.4, 0.5) is 9.59 Å². The van der Waals surface area contributed by atoms with E-state index in [-0.39, 0.29) is 42.0 Å². The summed E-state index contributed by atoms with van der Waals surface area (Å²) in [7, 11) is 4.32. The largest absolute Gasteiger partial charge is 0.325 e. The van der Waals surface area contributed by atoms with Gasteiger partial charge in [0.1, 0.15) is 0 Å². The summed E-state index contributed by atoms with van der Waals surface area (Å²) >= 11 is 0. The van der Waals surface area contributed by atoms with Crippen LogP contribution in [0.3, 0.4) is 0 Å². The Labute approximate surface area is 151 Å². The normalized spacial score (nSPS) is 11.8. The van der Waals surface area contributed by atoms with Crippen molar-refractivity contribution in [1.29, 1.82) is 0 Å². The summed E-state index contributed by atoms with van der Waals surface area (Å²) in [6.45, 7) is 16.0. The van der Waals surface area contributed by atoms with Crippen molar-refractivity contribution in [2.75, 3.05) is 14.1 Å². The van der Waals surface area contributed by atoms with Crippen LogP contribution in [-0.2, 0) is 0 Å². The van der Waals surface area contributed by atoms with Gasteiger partial charge in [-0.2, -0.15) is 0 Å². The fraction of sp³-hybridized carbons (Fsp3) is 0.882. The van der Waals surface area contributed by atoms with E-state index in [1.165, 1.54) is 0 Å². The van der Waals surface area contributed by atoms with Gasteiger partial charge < -0.3 is 19.6 Å². The van der Waals surface area contributed by atoms with Gasteiger partial charge in [-0.25, -0.2) is 9.59 Å². The van der Waals surface area contributed by atoms with Gasteiger partial charge in [-0.15, -0.1) is 0 Å². The van der Waals surface area contributed by atoms with Gasteiger partial charge in [-0.1, -0.05) is 0 Å². The minimum absolute atomic E-state index is 0.0225. The molecule has 0 unspecified atom stereocenters. The van der Waals surface area contributed by atoms with Gasteiger partial charge in [0.15, 0.2) is 0 Å². The first kappa shape index (κ1) is 22.8. The van der Waals surface area contributed by atoms with E-state index in [0.29, 0.717) is 10.2 Å². The molecule has 24 heavy (non-hydrogen) atoms. The molecule has 0 fully saturated rings. The van der Waals surface area contributed by atoms with E-state index >= 15 is 0 Å². The Balaban J connectivity index is 5.68. The summed E-state index contributed by atoms with van der Waals surface area (Å²) < 4.78 is 0. The fourth-order valence-electron chi connectivity index (χ4n) is 2.56. The molecule has 0 rings (SSSR count). The molecule has 142 valence electrons. The van der Waals surface area contributed by atoms with Gasteiger partial charge in [0, 0.05) is 38.3 Å². The quantitative estimate of drug-likeness (QED) is 0.538. The lowest BCUT2D eigenvalue weighted by atomic mass is 10.3. The highest BCUT2D eigenvalue weighted by molar-refractivity contribution is 6.14. The molecular weight excluding hydrogens is 320 g/mol. The van der Waals surface area contributed by atoms with Crippen molar-refractivity contribution in [2.45, 2.75) is 85.3 Å². The third-order valence-corrected chi connectivity index (χ3v) is 5.62. The third kappa shape index (κ3) is 5.39. The zero-order valence-electron chi connectivity index (χ0n) is 17.5. The highest BCUT2D eigenvalue weighted by atomic mass is 28.1. The maximum atomic E-state index is 12.9. The van der Waals surface area contributed by atoms with Crippen LogP contribution in [0, 0.1) is 0 Å². The van der Waals surface area contributed by atoms with E-state index < -0.39 is 0 Å². The highest BCUT2D eigenvalue weighted by Gasteiger charge is 2.35. The third-order valence-electron chi connectivity index (χ3n) is 4.51. The highest BCUT2D eigenvalue weighted by Crippen LogP contribution is 2.17. The van der Waals surface area contributed by atoms with Crippen molar-refractivity contribution >= 4 is 22.3 Å². The number of amides is 4. The topological polar surface area (TPSA) is 47.1 Å². The average molecular weight is 359 g/mol.